The van der Waals surface area contributed by atoms with Gasteiger partial charge < -0.3 is 10.6 Å². The van der Waals surface area contributed by atoms with E-state index in [-0.39, 0.29) is 17.5 Å². The van der Waals surface area contributed by atoms with Crippen LogP contribution in [0, 0.1) is 17.1 Å². The van der Waals surface area contributed by atoms with E-state index in [1.807, 2.05) is 6.07 Å². The molecular weight excluding hydrogens is 328 g/mol. The number of rotatable bonds is 4. The van der Waals surface area contributed by atoms with Crippen LogP contribution in [0.5, 0.6) is 0 Å². The van der Waals surface area contributed by atoms with Gasteiger partial charge in [0.1, 0.15) is 11.9 Å². The number of nitriles is 1. The lowest BCUT2D eigenvalue weighted by atomic mass is 10.2. The summed E-state index contributed by atoms with van der Waals surface area (Å²) in [6, 6.07) is 10.3. The summed E-state index contributed by atoms with van der Waals surface area (Å²) in [5.74, 6) is -0.850. The predicted octanol–water partition coefficient (Wildman–Crippen LogP) is 4.05. The third kappa shape index (κ3) is 4.10. The van der Waals surface area contributed by atoms with Crippen LogP contribution in [-0.2, 0) is 4.79 Å². The maximum Gasteiger partial charge on any atom is 0.243 e. The number of anilines is 2. The highest BCUT2D eigenvalue weighted by Crippen LogP contribution is 2.23. The minimum absolute atomic E-state index is 0.0945. The number of nitrogens with one attached hydrogen (secondary N) is 2. The summed E-state index contributed by atoms with van der Waals surface area (Å²) in [4.78, 5) is 11.9. The highest BCUT2D eigenvalue weighted by molar-refractivity contribution is 6.33. The van der Waals surface area contributed by atoms with E-state index in [4.69, 9.17) is 28.5 Å². The van der Waals surface area contributed by atoms with Crippen LogP contribution < -0.4 is 10.6 Å². The first-order valence-corrected chi connectivity index (χ1v) is 6.93. The maximum absolute atomic E-state index is 12.9. The van der Waals surface area contributed by atoms with E-state index in [9.17, 15) is 9.18 Å². The fraction of sp³-hybridized carbons (Fsp3) is 0.0667. The van der Waals surface area contributed by atoms with Crippen molar-refractivity contribution in [1.29, 1.82) is 5.26 Å². The molecule has 2 aromatic rings. The van der Waals surface area contributed by atoms with E-state index in [0.29, 0.717) is 22.0 Å². The normalized spacial score (nSPS) is 9.91. The number of halogens is 3. The van der Waals surface area contributed by atoms with Crippen molar-refractivity contribution in [2.75, 3.05) is 17.2 Å². The molecule has 0 spiro atoms. The molecule has 2 rings (SSSR count). The van der Waals surface area contributed by atoms with Gasteiger partial charge in [0.15, 0.2) is 0 Å². The molecule has 0 aromatic heterocycles. The zero-order valence-electron chi connectivity index (χ0n) is 11.2. The first-order valence-electron chi connectivity index (χ1n) is 6.18. The topological polar surface area (TPSA) is 64.9 Å². The van der Waals surface area contributed by atoms with E-state index in [2.05, 4.69) is 10.6 Å². The molecule has 0 heterocycles. The molecular formula is C15H10Cl2FN3O. The van der Waals surface area contributed by atoms with Crippen molar-refractivity contribution in [1.82, 2.24) is 0 Å². The highest BCUT2D eigenvalue weighted by Gasteiger charge is 2.09. The first kappa shape index (κ1) is 16.1. The Kier molecular flexibility index (Phi) is 5.21. The van der Waals surface area contributed by atoms with Crippen LogP contribution in [-0.4, -0.2) is 12.5 Å². The third-order valence-electron chi connectivity index (χ3n) is 2.75. The van der Waals surface area contributed by atoms with Crippen LogP contribution >= 0.6 is 23.2 Å². The molecule has 0 atom stereocenters. The molecule has 0 fully saturated rings. The Morgan fingerprint density at radius 3 is 2.64 bits per heavy atom. The molecule has 2 N–H and O–H groups in total. The summed E-state index contributed by atoms with van der Waals surface area (Å²) in [7, 11) is 0. The lowest BCUT2D eigenvalue weighted by Crippen LogP contribution is -2.22. The Bertz CT molecular complexity index is 759. The number of hydrogen-bond donors (Lipinski definition) is 2. The molecule has 1 amide bonds. The minimum Gasteiger partial charge on any atom is -0.375 e. The van der Waals surface area contributed by atoms with Gasteiger partial charge in [0.05, 0.1) is 28.5 Å². The van der Waals surface area contributed by atoms with Crippen molar-refractivity contribution in [3.63, 3.8) is 0 Å². The van der Waals surface area contributed by atoms with Gasteiger partial charge in [0.25, 0.3) is 0 Å². The highest BCUT2D eigenvalue weighted by atomic mass is 35.5. The van der Waals surface area contributed by atoms with Gasteiger partial charge in [-0.25, -0.2) is 4.39 Å². The number of benzene rings is 2. The summed E-state index contributed by atoms with van der Waals surface area (Å²) in [6.07, 6.45) is 0. The largest absolute Gasteiger partial charge is 0.375 e. The number of hydrogen-bond acceptors (Lipinski definition) is 3. The summed E-state index contributed by atoms with van der Waals surface area (Å²) in [5.41, 5.74) is 1.06. The Labute approximate surface area is 136 Å². The van der Waals surface area contributed by atoms with Gasteiger partial charge in [0.2, 0.25) is 5.91 Å². The SMILES string of the molecule is N#Cc1ccc(Cl)cc1NC(=O)CNc1ccc(F)cc1Cl. The zero-order valence-corrected chi connectivity index (χ0v) is 12.7. The molecule has 0 aliphatic rings. The Morgan fingerprint density at radius 2 is 1.95 bits per heavy atom. The van der Waals surface area contributed by atoms with Gasteiger partial charge in [-0.15, -0.1) is 0 Å². The number of nitrogens with zero attached hydrogens (tertiary/aromatic N) is 1. The molecule has 22 heavy (non-hydrogen) atoms. The first-order chi connectivity index (χ1) is 10.5. The van der Waals surface area contributed by atoms with Crippen LogP contribution in [0.2, 0.25) is 10.0 Å². The van der Waals surface area contributed by atoms with Crippen molar-refractivity contribution < 1.29 is 9.18 Å². The Morgan fingerprint density at radius 1 is 1.18 bits per heavy atom. The van der Waals surface area contributed by atoms with Crippen LogP contribution in [0.3, 0.4) is 0 Å². The summed E-state index contributed by atoms with van der Waals surface area (Å²) in [5, 5.41) is 14.9. The van der Waals surface area contributed by atoms with Gasteiger partial charge in [-0.1, -0.05) is 23.2 Å². The van der Waals surface area contributed by atoms with E-state index in [1.165, 1.54) is 24.3 Å². The fourth-order valence-electron chi connectivity index (χ4n) is 1.72. The van der Waals surface area contributed by atoms with Crippen molar-refractivity contribution in [2.24, 2.45) is 0 Å². The maximum atomic E-state index is 12.9. The molecule has 2 aromatic carbocycles. The average molecular weight is 338 g/mol. The van der Waals surface area contributed by atoms with Crippen molar-refractivity contribution in [3.8, 4) is 6.07 Å². The van der Waals surface area contributed by atoms with Crippen molar-refractivity contribution >= 4 is 40.5 Å². The Balaban J connectivity index is 2.02. The monoisotopic (exact) mass is 337 g/mol. The zero-order chi connectivity index (χ0) is 16.1. The molecule has 112 valence electrons. The van der Waals surface area contributed by atoms with Crippen LogP contribution in [0.25, 0.3) is 0 Å². The quantitative estimate of drug-likeness (QED) is 0.884. The molecule has 0 saturated heterocycles. The van der Waals surface area contributed by atoms with E-state index < -0.39 is 5.82 Å². The second-order valence-electron chi connectivity index (χ2n) is 4.33. The molecule has 0 unspecified atom stereocenters. The molecule has 0 saturated carbocycles. The summed E-state index contributed by atoms with van der Waals surface area (Å²) in [6.45, 7) is -0.0945. The van der Waals surface area contributed by atoms with Gasteiger partial charge in [-0.2, -0.15) is 5.26 Å². The molecule has 4 nitrogen and oxygen atoms in total. The molecule has 0 aliphatic heterocycles. The van der Waals surface area contributed by atoms with Gasteiger partial charge in [0, 0.05) is 5.02 Å². The smallest absolute Gasteiger partial charge is 0.243 e. The standard InChI is InChI=1S/C15H10Cl2FN3O/c16-10-2-1-9(7-19)14(5-10)21-15(22)8-20-13-4-3-11(18)6-12(13)17/h1-6,20H,8H2,(H,21,22). The average Bonchev–Trinajstić information content (AvgIpc) is 2.46. The van der Waals surface area contributed by atoms with E-state index >= 15 is 0 Å². The van der Waals surface area contributed by atoms with Crippen molar-refractivity contribution in [3.05, 3.63) is 57.8 Å². The van der Waals surface area contributed by atoms with Crippen LogP contribution in [0.4, 0.5) is 15.8 Å². The molecule has 7 heteroatoms. The van der Waals surface area contributed by atoms with Gasteiger partial charge in [-0.3, -0.25) is 4.79 Å². The second-order valence-corrected chi connectivity index (χ2v) is 5.17. The Hall–Kier alpha value is -2.29. The predicted molar refractivity (Wildman–Crippen MR) is 84.7 cm³/mol. The summed E-state index contributed by atoms with van der Waals surface area (Å²) < 4.78 is 12.9. The van der Waals surface area contributed by atoms with Crippen LogP contribution in [0.15, 0.2) is 36.4 Å². The van der Waals surface area contributed by atoms with Crippen LogP contribution in [0.1, 0.15) is 5.56 Å². The van der Waals surface area contributed by atoms with Gasteiger partial charge >= 0.3 is 0 Å². The lowest BCUT2D eigenvalue weighted by Gasteiger charge is -2.10. The minimum atomic E-state index is -0.461. The summed E-state index contributed by atoms with van der Waals surface area (Å²) >= 11 is 11.7. The van der Waals surface area contributed by atoms with Gasteiger partial charge in [-0.05, 0) is 36.4 Å². The molecule has 0 radical (unpaired) electrons. The number of carbonyl (C=O) groups is 1. The van der Waals surface area contributed by atoms with Crippen molar-refractivity contribution in [2.45, 2.75) is 0 Å². The number of carbonyl (C=O) groups excluding carboxylic acids is 1. The fourth-order valence-corrected chi connectivity index (χ4v) is 2.13. The van der Waals surface area contributed by atoms with E-state index in [1.54, 1.807) is 6.07 Å². The number of amides is 1. The third-order valence-corrected chi connectivity index (χ3v) is 3.29. The molecule has 0 bridgehead atoms. The molecule has 0 aliphatic carbocycles. The van der Waals surface area contributed by atoms with E-state index in [0.717, 1.165) is 6.07 Å². The lowest BCUT2D eigenvalue weighted by molar-refractivity contribution is -0.114. The second kappa shape index (κ2) is 7.12.